The molecule has 1 unspecified atom stereocenters. The van der Waals surface area contributed by atoms with Crippen molar-refractivity contribution < 1.29 is 5.11 Å². The summed E-state index contributed by atoms with van der Waals surface area (Å²) >= 11 is 0. The molecule has 0 amide bonds. The fraction of sp³-hybridized carbons (Fsp3) is 0.615. The lowest BCUT2D eigenvalue weighted by Crippen LogP contribution is -2.47. The number of aliphatic hydroxyl groups excluding tert-OH is 1. The van der Waals surface area contributed by atoms with E-state index in [4.69, 9.17) is 0 Å². The predicted octanol–water partition coefficient (Wildman–Crippen LogP) is 1.85. The van der Waals surface area contributed by atoms with Gasteiger partial charge in [0.05, 0.1) is 11.8 Å². The Balaban J connectivity index is 0. The minimum atomic E-state index is -0.225. The molecule has 1 aliphatic heterocycles. The molecule has 1 aromatic heterocycles. The molecule has 0 spiro atoms. The van der Waals surface area contributed by atoms with Crippen LogP contribution >= 0.6 is 37.2 Å². The van der Waals surface area contributed by atoms with Gasteiger partial charge in [-0.25, -0.2) is 0 Å². The zero-order valence-corrected chi connectivity index (χ0v) is 14.1. The van der Waals surface area contributed by atoms with E-state index in [9.17, 15) is 5.11 Å². The van der Waals surface area contributed by atoms with Crippen molar-refractivity contribution in [3.63, 3.8) is 0 Å². The quantitative estimate of drug-likeness (QED) is 0.905. The maximum Gasteiger partial charge on any atom is 0.0639 e. The van der Waals surface area contributed by atoms with Gasteiger partial charge < -0.3 is 5.11 Å². The van der Waals surface area contributed by atoms with Crippen molar-refractivity contribution in [3.05, 3.63) is 30.1 Å². The number of aliphatic hydroxyl groups is 1. The van der Waals surface area contributed by atoms with E-state index in [0.29, 0.717) is 0 Å². The van der Waals surface area contributed by atoms with Gasteiger partial charge in [-0.2, -0.15) is 0 Å². The number of piperazine rings is 1. The van der Waals surface area contributed by atoms with E-state index in [1.165, 1.54) is 0 Å². The molecule has 0 aliphatic carbocycles. The Morgan fingerprint density at radius 2 is 1.70 bits per heavy atom. The highest BCUT2D eigenvalue weighted by atomic mass is 35.5. The summed E-state index contributed by atoms with van der Waals surface area (Å²) in [6, 6.07) is 6.05. The van der Waals surface area contributed by atoms with Gasteiger partial charge in [-0.05, 0) is 19.1 Å². The lowest BCUT2D eigenvalue weighted by atomic mass is 10.2. The second-order valence-corrected chi connectivity index (χ2v) is 4.75. The first-order valence-electron chi connectivity index (χ1n) is 6.27. The maximum atomic E-state index is 9.34. The van der Waals surface area contributed by atoms with Crippen molar-refractivity contribution in [3.8, 4) is 0 Å². The number of hydrogen-bond donors (Lipinski definition) is 1. The first kappa shape index (κ1) is 22.2. The second kappa shape index (κ2) is 11.5. The zero-order chi connectivity index (χ0) is 12.1. The van der Waals surface area contributed by atoms with Gasteiger partial charge in [0, 0.05) is 45.5 Å². The summed E-state index contributed by atoms with van der Waals surface area (Å²) in [5.74, 6) is 0. The first-order chi connectivity index (χ1) is 8.24. The SMILES string of the molecule is CC(O)CN1CCN(Cc2ccccn2)CC1.Cl.Cl.Cl. The van der Waals surface area contributed by atoms with E-state index in [2.05, 4.69) is 20.9 Å². The monoisotopic (exact) mass is 343 g/mol. The fourth-order valence-corrected chi connectivity index (χ4v) is 2.22. The summed E-state index contributed by atoms with van der Waals surface area (Å²) in [4.78, 5) is 9.08. The van der Waals surface area contributed by atoms with Gasteiger partial charge in [0.1, 0.15) is 0 Å². The predicted molar refractivity (Wildman–Crippen MR) is 89.4 cm³/mol. The van der Waals surface area contributed by atoms with Crippen LogP contribution in [0.2, 0.25) is 0 Å². The highest BCUT2D eigenvalue weighted by Gasteiger charge is 2.17. The lowest BCUT2D eigenvalue weighted by Gasteiger charge is -2.35. The molecule has 7 heteroatoms. The molecule has 1 fully saturated rings. The van der Waals surface area contributed by atoms with Gasteiger partial charge in [0.15, 0.2) is 0 Å². The van der Waals surface area contributed by atoms with Crippen LogP contribution in [0.25, 0.3) is 0 Å². The molecule has 0 radical (unpaired) electrons. The normalized spacial score (nSPS) is 17.3. The number of aromatic nitrogens is 1. The Labute approximate surface area is 139 Å². The van der Waals surface area contributed by atoms with E-state index in [-0.39, 0.29) is 43.3 Å². The van der Waals surface area contributed by atoms with Crippen LogP contribution in [-0.2, 0) is 6.54 Å². The Kier molecular flexibility index (Phi) is 12.8. The molecule has 1 saturated heterocycles. The van der Waals surface area contributed by atoms with Crippen LogP contribution in [0.5, 0.6) is 0 Å². The Morgan fingerprint density at radius 1 is 1.10 bits per heavy atom. The molecule has 0 saturated carbocycles. The highest BCUT2D eigenvalue weighted by Crippen LogP contribution is 2.06. The number of hydrogen-bond acceptors (Lipinski definition) is 4. The van der Waals surface area contributed by atoms with Gasteiger partial charge in [-0.1, -0.05) is 6.07 Å². The van der Waals surface area contributed by atoms with Crippen molar-refractivity contribution in [1.29, 1.82) is 0 Å². The fourth-order valence-electron chi connectivity index (χ4n) is 2.22. The van der Waals surface area contributed by atoms with Gasteiger partial charge in [0.25, 0.3) is 0 Å². The van der Waals surface area contributed by atoms with Crippen LogP contribution in [0.4, 0.5) is 0 Å². The number of pyridine rings is 1. The molecule has 118 valence electrons. The molecular formula is C13H24Cl3N3O. The number of β-amino-alcohol motifs (C(OH)–C–C–N with tert-alkyl or cyclic N) is 1. The second-order valence-electron chi connectivity index (χ2n) is 4.75. The van der Waals surface area contributed by atoms with E-state index in [1.54, 1.807) is 0 Å². The van der Waals surface area contributed by atoms with E-state index in [1.807, 2.05) is 25.3 Å². The Bertz CT molecular complexity index is 333. The van der Waals surface area contributed by atoms with Gasteiger partial charge in [-0.3, -0.25) is 14.8 Å². The zero-order valence-electron chi connectivity index (χ0n) is 11.6. The average molecular weight is 345 g/mol. The minimum absolute atomic E-state index is 0. The third-order valence-electron chi connectivity index (χ3n) is 3.10. The summed E-state index contributed by atoms with van der Waals surface area (Å²) in [7, 11) is 0. The van der Waals surface area contributed by atoms with E-state index < -0.39 is 0 Å². The smallest absolute Gasteiger partial charge is 0.0639 e. The topological polar surface area (TPSA) is 39.6 Å². The summed E-state index contributed by atoms with van der Waals surface area (Å²) < 4.78 is 0. The number of halogens is 3. The van der Waals surface area contributed by atoms with Crippen LogP contribution in [0, 0.1) is 0 Å². The maximum absolute atomic E-state index is 9.34. The van der Waals surface area contributed by atoms with Crippen molar-refractivity contribution >= 4 is 37.2 Å². The van der Waals surface area contributed by atoms with Gasteiger partial charge in [0.2, 0.25) is 0 Å². The molecule has 1 aliphatic rings. The molecule has 20 heavy (non-hydrogen) atoms. The van der Waals surface area contributed by atoms with Crippen LogP contribution in [0.1, 0.15) is 12.6 Å². The Hall–Kier alpha value is -0.100. The standard InChI is InChI=1S/C13H21N3O.3ClH/c1-12(17)10-15-6-8-16(9-7-15)11-13-4-2-3-5-14-13;;;/h2-5,12,17H,6-11H2,1H3;3*1H. The van der Waals surface area contributed by atoms with Gasteiger partial charge >= 0.3 is 0 Å². The van der Waals surface area contributed by atoms with E-state index in [0.717, 1.165) is 45.0 Å². The van der Waals surface area contributed by atoms with Crippen LogP contribution < -0.4 is 0 Å². The third kappa shape index (κ3) is 7.62. The Morgan fingerprint density at radius 3 is 2.20 bits per heavy atom. The van der Waals surface area contributed by atoms with Crippen LogP contribution in [0.3, 0.4) is 0 Å². The van der Waals surface area contributed by atoms with Crippen molar-refractivity contribution in [2.24, 2.45) is 0 Å². The van der Waals surface area contributed by atoms with Crippen molar-refractivity contribution in [2.45, 2.75) is 19.6 Å². The average Bonchev–Trinajstić information content (AvgIpc) is 2.32. The first-order valence-corrected chi connectivity index (χ1v) is 6.27. The van der Waals surface area contributed by atoms with Gasteiger partial charge in [-0.15, -0.1) is 37.2 Å². The molecule has 2 rings (SSSR count). The molecule has 0 bridgehead atoms. The molecule has 1 aromatic rings. The largest absolute Gasteiger partial charge is 0.392 e. The van der Waals surface area contributed by atoms with E-state index >= 15 is 0 Å². The third-order valence-corrected chi connectivity index (χ3v) is 3.10. The summed E-state index contributed by atoms with van der Waals surface area (Å²) in [6.45, 7) is 7.77. The minimum Gasteiger partial charge on any atom is -0.392 e. The molecule has 1 atom stereocenters. The molecule has 4 nitrogen and oxygen atoms in total. The number of nitrogens with zero attached hydrogens (tertiary/aromatic N) is 3. The summed E-state index contributed by atoms with van der Waals surface area (Å²) in [5, 5.41) is 9.34. The lowest BCUT2D eigenvalue weighted by molar-refractivity contribution is 0.0776. The summed E-state index contributed by atoms with van der Waals surface area (Å²) in [5.41, 5.74) is 1.14. The summed E-state index contributed by atoms with van der Waals surface area (Å²) in [6.07, 6.45) is 1.62. The van der Waals surface area contributed by atoms with Crippen LogP contribution in [-0.4, -0.2) is 58.7 Å². The highest BCUT2D eigenvalue weighted by molar-refractivity contribution is 5.86. The number of rotatable bonds is 4. The van der Waals surface area contributed by atoms with Crippen molar-refractivity contribution in [2.75, 3.05) is 32.7 Å². The molecule has 0 aromatic carbocycles. The van der Waals surface area contributed by atoms with Crippen molar-refractivity contribution in [1.82, 2.24) is 14.8 Å². The van der Waals surface area contributed by atoms with Crippen LogP contribution in [0.15, 0.2) is 24.4 Å². The molecule has 1 N–H and O–H groups in total. The molecule has 2 heterocycles. The molecular weight excluding hydrogens is 321 g/mol.